The molecule has 4 nitrogen and oxygen atoms in total. The smallest absolute Gasteiger partial charge is 0.313 e. The highest BCUT2D eigenvalue weighted by Crippen LogP contribution is 2.37. The third-order valence-electron chi connectivity index (χ3n) is 5.63. The number of benzene rings is 1. The summed E-state index contributed by atoms with van der Waals surface area (Å²) in [7, 11) is 0. The lowest BCUT2D eigenvalue weighted by Gasteiger charge is -2.41. The number of rotatable bonds is 7. The van der Waals surface area contributed by atoms with Crippen LogP contribution in [0.2, 0.25) is 0 Å². The number of nitrogens with zero attached hydrogens (tertiary/aromatic N) is 1. The third kappa shape index (κ3) is 6.93. The highest BCUT2D eigenvalue weighted by atomic mass is 32.1. The monoisotopic (exact) mass is 439 g/mol. The third-order valence-corrected chi connectivity index (χ3v) is 6.62. The van der Waals surface area contributed by atoms with Crippen LogP contribution in [0.15, 0.2) is 42.5 Å². The van der Waals surface area contributed by atoms with Crippen LogP contribution in [0.4, 0.5) is 0 Å². The first-order valence-electron chi connectivity index (χ1n) is 11.1. The van der Waals surface area contributed by atoms with Crippen LogP contribution >= 0.6 is 11.3 Å². The molecule has 1 aromatic carbocycles. The number of ether oxygens (including phenoxy) is 1. The maximum absolute atomic E-state index is 13.0. The Morgan fingerprint density at radius 2 is 2.03 bits per heavy atom. The van der Waals surface area contributed by atoms with E-state index in [9.17, 15) is 9.90 Å². The number of esters is 1. The van der Waals surface area contributed by atoms with Crippen molar-refractivity contribution in [3.63, 3.8) is 0 Å². The normalized spacial score (nSPS) is 19.5. The number of hydrogen-bond donors (Lipinski definition) is 1. The number of aryl methyl sites for hydroxylation is 1. The molecule has 0 saturated carbocycles. The van der Waals surface area contributed by atoms with Crippen LogP contribution in [0, 0.1) is 17.3 Å². The number of hydrogen-bond acceptors (Lipinski definition) is 5. The van der Waals surface area contributed by atoms with Gasteiger partial charge in [0.25, 0.3) is 0 Å². The first kappa shape index (κ1) is 23.5. The Labute approximate surface area is 190 Å². The Morgan fingerprint density at radius 1 is 1.26 bits per heavy atom. The van der Waals surface area contributed by atoms with Gasteiger partial charge in [0.1, 0.15) is 5.60 Å². The topological polar surface area (TPSA) is 49.8 Å². The number of likely N-dealkylation sites (tertiary alicyclic amines) is 1. The van der Waals surface area contributed by atoms with Gasteiger partial charge in [-0.15, -0.1) is 11.3 Å². The SMILES string of the molecule is CCOC(=O)[C@@]1(CCc2ccccc2)CCCN(Cc2ccc(C#CC(C)(C)O)s2)C1. The fourth-order valence-electron chi connectivity index (χ4n) is 4.11. The van der Waals surface area contributed by atoms with Crippen LogP contribution in [0.5, 0.6) is 0 Å². The molecule has 2 heterocycles. The van der Waals surface area contributed by atoms with Gasteiger partial charge in [-0.1, -0.05) is 42.2 Å². The lowest BCUT2D eigenvalue weighted by Crippen LogP contribution is -2.48. The van der Waals surface area contributed by atoms with E-state index in [-0.39, 0.29) is 5.97 Å². The minimum Gasteiger partial charge on any atom is -0.466 e. The van der Waals surface area contributed by atoms with Crippen molar-refractivity contribution >= 4 is 17.3 Å². The number of carbonyl (C=O) groups is 1. The molecule has 0 radical (unpaired) electrons. The minimum absolute atomic E-state index is 0.0569. The van der Waals surface area contributed by atoms with Crippen LogP contribution in [-0.2, 0) is 22.5 Å². The van der Waals surface area contributed by atoms with E-state index in [4.69, 9.17) is 4.74 Å². The molecule has 31 heavy (non-hydrogen) atoms. The van der Waals surface area contributed by atoms with Crippen LogP contribution in [0.3, 0.4) is 0 Å². The van der Waals surface area contributed by atoms with Gasteiger partial charge in [0.05, 0.1) is 16.9 Å². The van der Waals surface area contributed by atoms with Gasteiger partial charge in [0, 0.05) is 18.0 Å². The van der Waals surface area contributed by atoms with Crippen LogP contribution < -0.4 is 0 Å². The van der Waals surface area contributed by atoms with Crippen molar-refractivity contribution in [1.82, 2.24) is 4.90 Å². The fourth-order valence-corrected chi connectivity index (χ4v) is 5.02. The zero-order valence-electron chi connectivity index (χ0n) is 18.8. The van der Waals surface area contributed by atoms with Crippen molar-refractivity contribution in [1.29, 1.82) is 0 Å². The molecule has 5 heteroatoms. The standard InChI is InChI=1S/C26H33NO3S/c1-4-30-24(28)26(17-13-21-9-6-5-7-10-21)15-8-18-27(20-26)19-23-12-11-22(31-23)14-16-25(2,3)29/h5-7,9-12,29H,4,8,13,15,17-20H2,1-3H3/t26-/m1/s1. The molecule has 1 N–H and O–H groups in total. The minimum atomic E-state index is -0.991. The molecule has 0 bridgehead atoms. The molecule has 3 rings (SSSR count). The van der Waals surface area contributed by atoms with E-state index in [0.717, 1.165) is 50.2 Å². The first-order chi connectivity index (χ1) is 14.8. The molecule has 1 aliphatic heterocycles. The van der Waals surface area contributed by atoms with E-state index < -0.39 is 11.0 Å². The highest BCUT2D eigenvalue weighted by Gasteiger charge is 2.43. The molecule has 0 amide bonds. The van der Waals surface area contributed by atoms with Gasteiger partial charge >= 0.3 is 5.97 Å². The average Bonchev–Trinajstić information content (AvgIpc) is 3.19. The maximum Gasteiger partial charge on any atom is 0.313 e. The maximum atomic E-state index is 13.0. The second-order valence-electron chi connectivity index (χ2n) is 8.88. The number of thiophene rings is 1. The van der Waals surface area contributed by atoms with Crippen LogP contribution in [0.25, 0.3) is 0 Å². The largest absolute Gasteiger partial charge is 0.466 e. The van der Waals surface area contributed by atoms with Gasteiger partial charge < -0.3 is 9.84 Å². The lowest BCUT2D eigenvalue weighted by atomic mass is 9.75. The Morgan fingerprint density at radius 3 is 2.74 bits per heavy atom. The zero-order valence-corrected chi connectivity index (χ0v) is 19.6. The second kappa shape index (κ2) is 10.5. The van der Waals surface area contributed by atoms with E-state index in [1.165, 1.54) is 10.4 Å². The van der Waals surface area contributed by atoms with Crippen molar-refractivity contribution in [3.8, 4) is 11.8 Å². The van der Waals surface area contributed by atoms with Crippen molar-refractivity contribution < 1.29 is 14.6 Å². The molecule has 0 spiro atoms. The zero-order chi connectivity index (χ0) is 22.3. The summed E-state index contributed by atoms with van der Waals surface area (Å²) in [5.74, 6) is 5.87. The molecular formula is C26H33NO3S. The molecule has 0 aliphatic carbocycles. The Bertz CT molecular complexity index is 919. The molecule has 2 aromatic rings. The number of carbonyl (C=O) groups excluding carboxylic acids is 1. The Balaban J connectivity index is 1.70. The summed E-state index contributed by atoms with van der Waals surface area (Å²) >= 11 is 1.65. The van der Waals surface area contributed by atoms with E-state index >= 15 is 0 Å². The second-order valence-corrected chi connectivity index (χ2v) is 10.0. The van der Waals surface area contributed by atoms with Gasteiger partial charge in [-0.3, -0.25) is 9.69 Å². The van der Waals surface area contributed by atoms with E-state index in [1.54, 1.807) is 25.2 Å². The molecule has 0 unspecified atom stereocenters. The van der Waals surface area contributed by atoms with Gasteiger partial charge in [0.2, 0.25) is 0 Å². The van der Waals surface area contributed by atoms with Gasteiger partial charge in [-0.25, -0.2) is 0 Å². The summed E-state index contributed by atoms with van der Waals surface area (Å²) in [6, 6.07) is 14.5. The molecule has 1 saturated heterocycles. The fraction of sp³-hybridized carbons (Fsp3) is 0.500. The van der Waals surface area contributed by atoms with Gasteiger partial charge in [-0.2, -0.15) is 0 Å². The molecular weight excluding hydrogens is 406 g/mol. The quantitative estimate of drug-likeness (QED) is 0.504. The summed E-state index contributed by atoms with van der Waals surface area (Å²) < 4.78 is 5.53. The van der Waals surface area contributed by atoms with E-state index in [2.05, 4.69) is 47.1 Å². The number of aliphatic hydroxyl groups is 1. The van der Waals surface area contributed by atoms with Crippen LogP contribution in [-0.4, -0.2) is 41.3 Å². The van der Waals surface area contributed by atoms with Gasteiger partial charge in [0.15, 0.2) is 0 Å². The summed E-state index contributed by atoms with van der Waals surface area (Å²) in [5.41, 5.74) is -0.184. The molecule has 1 aliphatic rings. The van der Waals surface area contributed by atoms with E-state index in [0.29, 0.717) is 6.61 Å². The Kier molecular flexibility index (Phi) is 7.94. The van der Waals surface area contributed by atoms with E-state index in [1.807, 2.05) is 19.1 Å². The Hall–Kier alpha value is -2.13. The predicted molar refractivity (Wildman–Crippen MR) is 126 cm³/mol. The highest BCUT2D eigenvalue weighted by molar-refractivity contribution is 7.12. The summed E-state index contributed by atoms with van der Waals surface area (Å²) in [5, 5.41) is 9.81. The molecule has 166 valence electrons. The first-order valence-corrected chi connectivity index (χ1v) is 11.9. The van der Waals surface area contributed by atoms with Crippen molar-refractivity contribution in [2.24, 2.45) is 5.41 Å². The van der Waals surface area contributed by atoms with Crippen molar-refractivity contribution in [3.05, 3.63) is 57.8 Å². The molecule has 1 aromatic heterocycles. The predicted octanol–water partition coefficient (Wildman–Crippen LogP) is 4.65. The van der Waals surface area contributed by atoms with Crippen molar-refractivity contribution in [2.75, 3.05) is 19.7 Å². The number of piperidine rings is 1. The van der Waals surface area contributed by atoms with Crippen molar-refractivity contribution in [2.45, 2.75) is 58.6 Å². The summed E-state index contributed by atoms with van der Waals surface area (Å²) in [6.45, 7) is 8.18. The average molecular weight is 440 g/mol. The lowest BCUT2D eigenvalue weighted by molar-refractivity contribution is -0.160. The summed E-state index contributed by atoms with van der Waals surface area (Å²) in [6.07, 6.45) is 3.55. The summed E-state index contributed by atoms with van der Waals surface area (Å²) in [4.78, 5) is 17.6. The van der Waals surface area contributed by atoms with Gasteiger partial charge in [-0.05, 0) is 70.7 Å². The van der Waals surface area contributed by atoms with Crippen LogP contribution in [0.1, 0.15) is 55.4 Å². The molecule has 1 fully saturated rings. The molecule has 1 atom stereocenters.